The molecule has 0 aliphatic rings. The Morgan fingerprint density at radius 3 is 2.39 bits per heavy atom. The maximum atomic E-state index is 5.64. The SMILES string of the molecule is CC.COc1cccc(OC)c1-n1c(NSCCc2cnc(C)c[n+]2OC)nnc1-c1ccn(C)n1. The normalized spacial score (nSPS) is 10.4. The number of benzene rings is 1. The Balaban J connectivity index is 0.00000176. The summed E-state index contributed by atoms with van der Waals surface area (Å²) in [7, 11) is 6.73. The van der Waals surface area contributed by atoms with Crippen LogP contribution in [0.4, 0.5) is 5.95 Å². The van der Waals surface area contributed by atoms with Crippen molar-refractivity contribution in [1.29, 1.82) is 0 Å². The molecule has 0 spiro atoms. The first-order chi connectivity index (χ1) is 17.5. The molecule has 4 rings (SSSR count). The van der Waals surface area contributed by atoms with Crippen LogP contribution in [0.5, 0.6) is 11.5 Å². The van der Waals surface area contributed by atoms with Crippen LogP contribution in [-0.2, 0) is 13.5 Å². The second-order valence-corrected chi connectivity index (χ2v) is 8.20. The summed E-state index contributed by atoms with van der Waals surface area (Å²) in [6, 6.07) is 7.48. The molecule has 0 bridgehead atoms. The average Bonchev–Trinajstić information content (AvgIpc) is 3.53. The van der Waals surface area contributed by atoms with Gasteiger partial charge in [-0.1, -0.05) is 19.9 Å². The Kier molecular flexibility index (Phi) is 9.51. The lowest BCUT2D eigenvalue weighted by Crippen LogP contribution is -2.45. The highest BCUT2D eigenvalue weighted by Gasteiger charge is 2.23. The van der Waals surface area contributed by atoms with Gasteiger partial charge in [0, 0.05) is 30.1 Å². The van der Waals surface area contributed by atoms with Crippen LogP contribution < -0.4 is 23.8 Å². The standard InChI is InChI=1S/C22H27N8O3S.C2H6/c1-15-14-29(33-5)16(13-23-15)10-12-34-27-22-25-24-21(17-9-11-28(2)26-17)30(22)20-18(31-3)7-6-8-19(20)32-4;1-2/h6-9,11,13-14H,10,12H2,1-5H3,(H,25,27);1-2H3/q+1;. The molecule has 0 aliphatic heterocycles. The molecular formula is C24H33N8O3S+. The minimum absolute atomic E-state index is 0.523. The monoisotopic (exact) mass is 513 g/mol. The van der Waals surface area contributed by atoms with Crippen LogP contribution in [-0.4, -0.2) is 56.6 Å². The molecule has 0 aliphatic carbocycles. The molecule has 0 saturated heterocycles. The highest BCUT2D eigenvalue weighted by Crippen LogP contribution is 2.37. The third-order valence-corrected chi connectivity index (χ3v) is 5.79. The van der Waals surface area contributed by atoms with E-state index < -0.39 is 0 Å². The number of nitrogens with one attached hydrogen (secondary N) is 1. The van der Waals surface area contributed by atoms with Crippen molar-refractivity contribution in [2.24, 2.45) is 7.05 Å². The molecule has 36 heavy (non-hydrogen) atoms. The van der Waals surface area contributed by atoms with E-state index in [9.17, 15) is 0 Å². The number of aromatic nitrogens is 7. The molecule has 0 amide bonds. The number of hydrogen-bond donors (Lipinski definition) is 1. The second-order valence-electron chi connectivity index (χ2n) is 7.30. The van der Waals surface area contributed by atoms with Gasteiger partial charge in [-0.15, -0.1) is 10.2 Å². The van der Waals surface area contributed by atoms with Gasteiger partial charge < -0.3 is 9.47 Å². The molecule has 1 N–H and O–H groups in total. The first-order valence-electron chi connectivity index (χ1n) is 11.5. The van der Waals surface area contributed by atoms with Crippen molar-refractivity contribution in [3.8, 4) is 28.7 Å². The number of aryl methyl sites for hydroxylation is 3. The number of anilines is 1. The number of nitrogens with zero attached hydrogens (tertiary/aromatic N) is 7. The van der Waals surface area contributed by atoms with Gasteiger partial charge in [-0.2, -0.15) is 5.10 Å². The summed E-state index contributed by atoms with van der Waals surface area (Å²) in [5, 5.41) is 13.3. The van der Waals surface area contributed by atoms with E-state index in [0.29, 0.717) is 34.7 Å². The fourth-order valence-electron chi connectivity index (χ4n) is 3.45. The Labute approximate surface area is 215 Å². The molecule has 0 radical (unpaired) electrons. The van der Waals surface area contributed by atoms with Crippen molar-refractivity contribution in [2.45, 2.75) is 27.2 Å². The maximum Gasteiger partial charge on any atom is 0.253 e. The van der Waals surface area contributed by atoms with Crippen LogP contribution in [0.1, 0.15) is 25.2 Å². The first-order valence-corrected chi connectivity index (χ1v) is 12.5. The number of ether oxygens (including phenoxy) is 2. The summed E-state index contributed by atoms with van der Waals surface area (Å²) in [4.78, 5) is 9.77. The number of methoxy groups -OCH3 is 2. The Morgan fingerprint density at radius 1 is 1.06 bits per heavy atom. The lowest BCUT2D eigenvalue weighted by atomic mass is 10.2. The van der Waals surface area contributed by atoms with Crippen LogP contribution >= 0.6 is 11.9 Å². The third-order valence-electron chi connectivity index (χ3n) is 5.06. The van der Waals surface area contributed by atoms with Crippen molar-refractivity contribution in [1.82, 2.24) is 29.5 Å². The summed E-state index contributed by atoms with van der Waals surface area (Å²) >= 11 is 1.50. The van der Waals surface area contributed by atoms with Gasteiger partial charge in [-0.25, -0.2) is 4.98 Å². The minimum Gasteiger partial charge on any atom is -0.494 e. The zero-order valence-corrected chi connectivity index (χ0v) is 22.5. The van der Waals surface area contributed by atoms with Gasteiger partial charge in [0.15, 0.2) is 5.82 Å². The van der Waals surface area contributed by atoms with E-state index in [1.54, 1.807) is 30.7 Å². The van der Waals surface area contributed by atoms with Crippen molar-refractivity contribution in [3.63, 3.8) is 0 Å². The molecule has 1 aromatic carbocycles. The van der Waals surface area contributed by atoms with Gasteiger partial charge in [-0.05, 0) is 37.1 Å². The zero-order chi connectivity index (χ0) is 26.1. The molecule has 12 heteroatoms. The highest BCUT2D eigenvalue weighted by atomic mass is 32.2. The van der Waals surface area contributed by atoms with E-state index in [1.807, 2.05) is 75.2 Å². The maximum absolute atomic E-state index is 5.64. The third kappa shape index (κ3) is 5.88. The van der Waals surface area contributed by atoms with Crippen LogP contribution in [0.3, 0.4) is 0 Å². The first kappa shape index (κ1) is 26.8. The quantitative estimate of drug-likeness (QED) is 0.195. The minimum atomic E-state index is 0.523. The number of para-hydroxylation sites is 1. The largest absolute Gasteiger partial charge is 0.494 e. The summed E-state index contributed by atoms with van der Waals surface area (Å²) in [6.45, 7) is 5.92. The fourth-order valence-corrected chi connectivity index (χ4v) is 4.12. The molecule has 4 aromatic rings. The Hall–Kier alpha value is -3.80. The van der Waals surface area contributed by atoms with E-state index in [2.05, 4.69) is 25.0 Å². The van der Waals surface area contributed by atoms with Crippen molar-refractivity contribution in [3.05, 3.63) is 54.2 Å². The van der Waals surface area contributed by atoms with Crippen LogP contribution in [0.25, 0.3) is 17.2 Å². The lowest BCUT2D eigenvalue weighted by Gasteiger charge is -2.16. The van der Waals surface area contributed by atoms with Gasteiger partial charge >= 0.3 is 0 Å². The number of rotatable bonds is 10. The molecule has 0 unspecified atom stereocenters. The van der Waals surface area contributed by atoms with Gasteiger partial charge in [-0.3, -0.25) is 18.8 Å². The fraction of sp³-hybridized carbons (Fsp3) is 0.375. The topological polar surface area (TPSA) is 105 Å². The van der Waals surface area contributed by atoms with E-state index in [-0.39, 0.29) is 0 Å². The summed E-state index contributed by atoms with van der Waals surface area (Å²) in [5.41, 5.74) is 3.20. The summed E-state index contributed by atoms with van der Waals surface area (Å²) < 4.78 is 19.9. The Bertz CT molecular complexity index is 1250. The highest BCUT2D eigenvalue weighted by molar-refractivity contribution is 8.00. The molecular weight excluding hydrogens is 480 g/mol. The second kappa shape index (κ2) is 12.8. The smallest absolute Gasteiger partial charge is 0.253 e. The van der Waals surface area contributed by atoms with Crippen LogP contribution in [0, 0.1) is 6.92 Å². The van der Waals surface area contributed by atoms with Crippen molar-refractivity contribution >= 4 is 17.9 Å². The van der Waals surface area contributed by atoms with Gasteiger partial charge in [0.2, 0.25) is 12.1 Å². The lowest BCUT2D eigenvalue weighted by molar-refractivity contribution is -0.890. The zero-order valence-electron chi connectivity index (χ0n) is 21.7. The van der Waals surface area contributed by atoms with Gasteiger partial charge in [0.1, 0.15) is 35.7 Å². The van der Waals surface area contributed by atoms with E-state index in [4.69, 9.17) is 14.3 Å². The van der Waals surface area contributed by atoms with E-state index in [1.165, 1.54) is 11.9 Å². The van der Waals surface area contributed by atoms with Gasteiger partial charge in [0.05, 0.1) is 20.4 Å². The number of hydrogen-bond acceptors (Lipinski definition) is 9. The van der Waals surface area contributed by atoms with Crippen molar-refractivity contribution < 1.29 is 19.0 Å². The van der Waals surface area contributed by atoms with Gasteiger partial charge in [0.25, 0.3) is 5.69 Å². The molecule has 0 fully saturated rings. The molecule has 0 atom stereocenters. The van der Waals surface area contributed by atoms with E-state index >= 15 is 0 Å². The molecule has 192 valence electrons. The average molecular weight is 514 g/mol. The predicted octanol–water partition coefficient (Wildman–Crippen LogP) is 3.06. The molecule has 0 saturated carbocycles. The summed E-state index contributed by atoms with van der Waals surface area (Å²) in [5.74, 6) is 3.07. The molecule has 11 nitrogen and oxygen atoms in total. The predicted molar refractivity (Wildman–Crippen MR) is 139 cm³/mol. The van der Waals surface area contributed by atoms with Crippen LogP contribution in [0.2, 0.25) is 0 Å². The van der Waals surface area contributed by atoms with E-state index in [0.717, 1.165) is 23.6 Å². The van der Waals surface area contributed by atoms with Crippen molar-refractivity contribution in [2.75, 3.05) is 31.8 Å². The Morgan fingerprint density at radius 2 is 1.78 bits per heavy atom. The molecule has 3 heterocycles. The van der Waals surface area contributed by atoms with Crippen LogP contribution in [0.15, 0.2) is 42.9 Å². The molecule has 3 aromatic heterocycles. The summed E-state index contributed by atoms with van der Waals surface area (Å²) in [6.07, 6.45) is 6.27.